The minimum atomic E-state index is -1.57. The van der Waals surface area contributed by atoms with Crippen molar-refractivity contribution in [2.45, 2.75) is 32.2 Å². The number of amidine groups is 2. The molecule has 2 heterocycles. The first-order chi connectivity index (χ1) is 12.2. The van der Waals surface area contributed by atoms with Crippen LogP contribution < -0.4 is 15.8 Å². The number of rotatable bonds is 7. The molecule has 2 aliphatic rings. The number of hydrogen-bond acceptors (Lipinski definition) is 5. The Morgan fingerprint density at radius 2 is 2.08 bits per heavy atom. The third-order valence-electron chi connectivity index (χ3n) is 4.22. The Balaban J connectivity index is 1.38. The number of piperidine rings is 1. The van der Waals surface area contributed by atoms with Gasteiger partial charge in [-0.05, 0) is 50.0 Å². The Morgan fingerprint density at radius 3 is 2.84 bits per heavy atom. The molecule has 1 aromatic rings. The van der Waals surface area contributed by atoms with Gasteiger partial charge in [0.05, 0.1) is 6.61 Å². The van der Waals surface area contributed by atoms with Crippen LogP contribution in [0.25, 0.3) is 0 Å². The second-order valence-electron chi connectivity index (χ2n) is 6.26. The average molecular weight is 363 g/mol. The van der Waals surface area contributed by atoms with Crippen molar-refractivity contribution in [2.24, 2.45) is 14.5 Å². The molecule has 1 atom stereocenters. The number of hydrogen-bond donors (Lipinski definition) is 2. The van der Waals surface area contributed by atoms with Gasteiger partial charge in [0.25, 0.3) is 11.2 Å². The van der Waals surface area contributed by atoms with Crippen molar-refractivity contribution in [2.75, 3.05) is 26.2 Å². The Hall–Kier alpha value is -1.93. The molecule has 2 aliphatic heterocycles. The maximum atomic E-state index is 11.1. The summed E-state index contributed by atoms with van der Waals surface area (Å²) in [7, 11) is 0. The molecular weight excluding hydrogens is 338 g/mol. The summed E-state index contributed by atoms with van der Waals surface area (Å²) in [5, 5.41) is 3.03. The molecule has 1 saturated heterocycles. The first-order valence-corrected chi connectivity index (χ1v) is 9.80. The van der Waals surface area contributed by atoms with Crippen molar-refractivity contribution >= 4 is 22.8 Å². The van der Waals surface area contributed by atoms with E-state index in [-0.39, 0.29) is 5.84 Å². The largest absolute Gasteiger partial charge is 0.494 e. The molecule has 0 radical (unpaired) electrons. The van der Waals surface area contributed by atoms with Crippen molar-refractivity contribution in [3.8, 4) is 5.75 Å². The van der Waals surface area contributed by atoms with Crippen LogP contribution in [0.1, 0.15) is 31.2 Å². The molecule has 0 bridgehead atoms. The van der Waals surface area contributed by atoms with E-state index in [2.05, 4.69) is 31.1 Å². The molecule has 0 saturated carbocycles. The van der Waals surface area contributed by atoms with Gasteiger partial charge in [0.1, 0.15) is 5.75 Å². The zero-order chi connectivity index (χ0) is 17.5. The monoisotopic (exact) mass is 363 g/mol. The van der Waals surface area contributed by atoms with Crippen molar-refractivity contribution in [1.29, 1.82) is 0 Å². The van der Waals surface area contributed by atoms with Gasteiger partial charge in [0, 0.05) is 13.1 Å². The second-order valence-corrected chi connectivity index (χ2v) is 7.09. The smallest absolute Gasteiger partial charge is 0.269 e. The maximum Gasteiger partial charge on any atom is 0.269 e. The molecule has 1 aromatic carbocycles. The zero-order valence-electron chi connectivity index (χ0n) is 14.3. The molecule has 0 aromatic heterocycles. The van der Waals surface area contributed by atoms with Crippen LogP contribution in [0.4, 0.5) is 0 Å². The van der Waals surface area contributed by atoms with Gasteiger partial charge >= 0.3 is 0 Å². The lowest BCUT2D eigenvalue weighted by Gasteiger charge is -2.26. The van der Waals surface area contributed by atoms with E-state index in [1.165, 1.54) is 37.9 Å². The van der Waals surface area contributed by atoms with Crippen molar-refractivity contribution in [1.82, 2.24) is 10.2 Å². The molecule has 0 amide bonds. The number of nitrogens with two attached hydrogens (primary N) is 1. The normalized spacial score (nSPS) is 20.9. The van der Waals surface area contributed by atoms with Gasteiger partial charge in [-0.15, -0.1) is 8.80 Å². The highest BCUT2D eigenvalue weighted by atomic mass is 32.2. The van der Waals surface area contributed by atoms with Crippen molar-refractivity contribution in [3.63, 3.8) is 0 Å². The fraction of sp³-hybridized carbons (Fsp3) is 0.529. The van der Waals surface area contributed by atoms with Crippen molar-refractivity contribution < 1.29 is 8.95 Å². The van der Waals surface area contributed by atoms with Gasteiger partial charge in [-0.2, -0.15) is 0 Å². The van der Waals surface area contributed by atoms with E-state index < -0.39 is 11.2 Å². The fourth-order valence-corrected chi connectivity index (χ4v) is 3.58. The van der Waals surface area contributed by atoms with Gasteiger partial charge in [-0.1, -0.05) is 18.6 Å². The Morgan fingerprint density at radius 1 is 1.24 bits per heavy atom. The highest BCUT2D eigenvalue weighted by molar-refractivity contribution is 7.83. The summed E-state index contributed by atoms with van der Waals surface area (Å²) in [4.78, 5) is 2.50. The van der Waals surface area contributed by atoms with Crippen LogP contribution in [-0.4, -0.2) is 47.0 Å². The number of benzene rings is 1. The number of nitrogens with one attached hydrogen (secondary N) is 1. The maximum absolute atomic E-state index is 11.1. The molecule has 136 valence electrons. The van der Waals surface area contributed by atoms with E-state index in [0.717, 1.165) is 18.7 Å². The van der Waals surface area contributed by atoms with E-state index >= 15 is 0 Å². The third-order valence-corrected chi connectivity index (χ3v) is 4.92. The van der Waals surface area contributed by atoms with E-state index in [0.29, 0.717) is 19.0 Å². The molecule has 25 heavy (non-hydrogen) atoms. The minimum absolute atomic E-state index is 0.199. The van der Waals surface area contributed by atoms with E-state index in [1.54, 1.807) is 0 Å². The van der Waals surface area contributed by atoms with Crippen molar-refractivity contribution in [3.05, 3.63) is 29.8 Å². The van der Waals surface area contributed by atoms with Gasteiger partial charge in [0.15, 0.2) is 11.7 Å². The van der Waals surface area contributed by atoms with Crippen LogP contribution in [0, 0.1) is 0 Å². The lowest BCUT2D eigenvalue weighted by atomic mass is 10.1. The SMILES string of the molecule is NC1=NS(=O)N=C1NCCCOc1cccc(CN2CCCCC2)c1. The Labute approximate surface area is 151 Å². The summed E-state index contributed by atoms with van der Waals surface area (Å²) in [5.74, 6) is 1.50. The predicted octanol–water partition coefficient (Wildman–Crippen LogP) is 1.38. The predicted molar refractivity (Wildman–Crippen MR) is 101 cm³/mol. The highest BCUT2D eigenvalue weighted by Gasteiger charge is 2.14. The van der Waals surface area contributed by atoms with Crippen LogP contribution in [0.5, 0.6) is 5.75 Å². The average Bonchev–Trinajstić information content (AvgIpc) is 2.93. The van der Waals surface area contributed by atoms with E-state index in [4.69, 9.17) is 10.5 Å². The summed E-state index contributed by atoms with van der Waals surface area (Å²) in [6.45, 7) is 4.61. The Bertz CT molecular complexity index is 671. The molecule has 7 nitrogen and oxygen atoms in total. The fourth-order valence-electron chi connectivity index (χ4n) is 2.97. The van der Waals surface area contributed by atoms with Crippen LogP contribution >= 0.6 is 0 Å². The summed E-state index contributed by atoms with van der Waals surface area (Å²) in [6.07, 6.45) is 4.75. The lowest BCUT2D eigenvalue weighted by molar-refractivity contribution is 0.220. The molecule has 1 unspecified atom stereocenters. The molecule has 0 spiro atoms. The molecule has 3 N–H and O–H groups in total. The van der Waals surface area contributed by atoms with E-state index in [1.807, 2.05) is 12.1 Å². The molecule has 3 rings (SSSR count). The Kier molecular flexibility index (Phi) is 6.41. The molecular formula is C17H25N5O2S. The standard InChI is InChI=1S/C17H25N5O2S/c18-16-17(21-25(23)20-16)19-8-5-11-24-15-7-4-6-14(12-15)13-22-9-2-1-3-10-22/h4,6-7,12H,1-3,5,8-11,13H2,(H2,18,20)(H,19,21). The highest BCUT2D eigenvalue weighted by Crippen LogP contribution is 2.17. The molecule has 8 heteroatoms. The second kappa shape index (κ2) is 8.96. The van der Waals surface area contributed by atoms with Crippen LogP contribution in [0.2, 0.25) is 0 Å². The van der Waals surface area contributed by atoms with Gasteiger partial charge in [0.2, 0.25) is 0 Å². The van der Waals surface area contributed by atoms with Crippen LogP contribution in [0.15, 0.2) is 33.1 Å². The number of likely N-dealkylation sites (tertiary alicyclic amines) is 1. The molecule has 0 aliphatic carbocycles. The summed E-state index contributed by atoms with van der Waals surface area (Å²) < 4.78 is 24.4. The van der Waals surface area contributed by atoms with E-state index in [9.17, 15) is 4.21 Å². The first-order valence-electron chi connectivity index (χ1n) is 8.74. The summed E-state index contributed by atoms with van der Waals surface area (Å²) in [6, 6.07) is 8.31. The summed E-state index contributed by atoms with van der Waals surface area (Å²) >= 11 is -1.57. The van der Waals surface area contributed by atoms with Crippen LogP contribution in [-0.2, 0) is 17.7 Å². The quantitative estimate of drug-likeness (QED) is 0.714. The molecule has 1 fully saturated rings. The number of ether oxygens (including phenoxy) is 1. The van der Waals surface area contributed by atoms with Gasteiger partial charge in [-0.25, -0.2) is 4.21 Å². The third kappa shape index (κ3) is 5.54. The lowest BCUT2D eigenvalue weighted by Crippen LogP contribution is -2.35. The van der Waals surface area contributed by atoms with Crippen LogP contribution in [0.3, 0.4) is 0 Å². The topological polar surface area (TPSA) is 92.3 Å². The number of nitrogens with zero attached hydrogens (tertiary/aromatic N) is 3. The summed E-state index contributed by atoms with van der Waals surface area (Å²) in [5.41, 5.74) is 6.89. The zero-order valence-corrected chi connectivity index (χ0v) is 15.1. The minimum Gasteiger partial charge on any atom is -0.494 e. The first kappa shape index (κ1) is 17.9. The van der Waals surface area contributed by atoms with Gasteiger partial charge in [-0.3, -0.25) is 4.90 Å². The van der Waals surface area contributed by atoms with Gasteiger partial charge < -0.3 is 15.8 Å².